The average Bonchev–Trinajstić information content (AvgIpc) is 3.21. The second kappa shape index (κ2) is 8.49. The molecule has 0 aliphatic carbocycles. The van der Waals surface area contributed by atoms with Crippen LogP contribution in [0.15, 0.2) is 60.7 Å². The largest absolute Gasteiger partial charge is 0.507 e. The van der Waals surface area contributed by atoms with Crippen molar-refractivity contribution < 1.29 is 24.1 Å². The van der Waals surface area contributed by atoms with Crippen molar-refractivity contribution in [1.29, 1.82) is 0 Å². The molecule has 0 saturated heterocycles. The molecule has 0 bridgehead atoms. The predicted molar refractivity (Wildman–Crippen MR) is 138 cm³/mol. The second-order valence-corrected chi connectivity index (χ2v) is 10.6. The lowest BCUT2D eigenvalue weighted by atomic mass is 9.76. The first kappa shape index (κ1) is 24.1. The van der Waals surface area contributed by atoms with Gasteiger partial charge in [0.25, 0.3) is 0 Å². The van der Waals surface area contributed by atoms with Crippen LogP contribution < -0.4 is 0 Å². The van der Waals surface area contributed by atoms with Crippen molar-refractivity contribution in [2.45, 2.75) is 51.6 Å². The third kappa shape index (κ3) is 3.86. The first-order chi connectivity index (χ1) is 17.0. The Kier molecular flexibility index (Phi) is 5.67. The van der Waals surface area contributed by atoms with Crippen molar-refractivity contribution in [2.75, 3.05) is 6.61 Å². The third-order valence-corrected chi connectivity index (χ3v) is 7.45. The Bertz CT molecular complexity index is 1490. The summed E-state index contributed by atoms with van der Waals surface area (Å²) in [5.74, 6) is -1.09. The molecule has 2 N–H and O–H groups in total. The van der Waals surface area contributed by atoms with Crippen LogP contribution in [0, 0.1) is 12.7 Å². The van der Waals surface area contributed by atoms with Gasteiger partial charge in [-0.3, -0.25) is 0 Å². The van der Waals surface area contributed by atoms with Gasteiger partial charge in [-0.05, 0) is 86.3 Å². The van der Waals surface area contributed by atoms with Gasteiger partial charge in [-0.1, -0.05) is 26.0 Å². The summed E-state index contributed by atoms with van der Waals surface area (Å²) in [6.07, 6.45) is 1.21. The molecule has 2 heterocycles. The quantitative estimate of drug-likeness (QED) is 0.331. The number of aromatic carboxylic acids is 1. The van der Waals surface area contributed by atoms with Crippen molar-refractivity contribution in [3.8, 4) is 11.4 Å². The molecule has 0 fully saturated rings. The molecular weight excluding hydrogens is 457 g/mol. The fourth-order valence-electron chi connectivity index (χ4n) is 5.46. The van der Waals surface area contributed by atoms with Crippen molar-refractivity contribution >= 4 is 16.9 Å². The first-order valence-corrected chi connectivity index (χ1v) is 12.1. The Balaban J connectivity index is 1.70. The van der Waals surface area contributed by atoms with Crippen molar-refractivity contribution in [3.63, 3.8) is 0 Å². The molecule has 1 aromatic heterocycles. The van der Waals surface area contributed by atoms with Crippen LogP contribution in [-0.2, 0) is 22.2 Å². The van der Waals surface area contributed by atoms with Crippen LogP contribution in [0.25, 0.3) is 16.6 Å². The highest BCUT2D eigenvalue weighted by molar-refractivity contribution is 5.94. The summed E-state index contributed by atoms with van der Waals surface area (Å²) < 4.78 is 22.5. The van der Waals surface area contributed by atoms with Gasteiger partial charge >= 0.3 is 5.97 Å². The number of carbonyl (C=O) groups is 1. The number of fused-ring (bicyclic) bond motifs is 3. The van der Waals surface area contributed by atoms with E-state index in [4.69, 9.17) is 4.74 Å². The molecule has 1 atom stereocenters. The number of ether oxygens (including phenoxy) is 1. The number of phenols is 1. The second-order valence-electron chi connectivity index (χ2n) is 10.6. The predicted octanol–water partition coefficient (Wildman–Crippen LogP) is 6.64. The number of aryl methyl sites for hydroxylation is 2. The van der Waals surface area contributed by atoms with E-state index < -0.39 is 11.6 Å². The Labute approximate surface area is 209 Å². The molecule has 186 valence electrons. The lowest BCUT2D eigenvalue weighted by molar-refractivity contribution is -0.0769. The van der Waals surface area contributed by atoms with Crippen molar-refractivity contribution in [2.24, 2.45) is 0 Å². The number of rotatable bonds is 5. The minimum atomic E-state index is -0.951. The molecule has 6 heteroatoms. The van der Waals surface area contributed by atoms with E-state index in [0.29, 0.717) is 19.4 Å². The van der Waals surface area contributed by atoms with Gasteiger partial charge in [-0.25, -0.2) is 9.18 Å². The minimum absolute atomic E-state index is 0.168. The van der Waals surface area contributed by atoms with E-state index in [9.17, 15) is 19.4 Å². The number of carboxylic acids is 1. The molecule has 0 spiro atoms. The Hall–Kier alpha value is -3.64. The molecule has 3 aromatic carbocycles. The molecule has 5 rings (SSSR count). The van der Waals surface area contributed by atoms with Crippen LogP contribution in [0.1, 0.15) is 59.9 Å². The smallest absolute Gasteiger partial charge is 0.335 e. The van der Waals surface area contributed by atoms with Crippen LogP contribution >= 0.6 is 0 Å². The number of nitrogens with zero attached hydrogens (tertiary/aromatic N) is 1. The molecule has 0 radical (unpaired) electrons. The summed E-state index contributed by atoms with van der Waals surface area (Å²) in [7, 11) is 0. The van der Waals surface area contributed by atoms with Gasteiger partial charge in [0.1, 0.15) is 11.6 Å². The number of hydrogen-bond donors (Lipinski definition) is 2. The molecule has 5 nitrogen and oxygen atoms in total. The van der Waals surface area contributed by atoms with E-state index in [1.807, 2.05) is 32.0 Å². The first-order valence-electron chi connectivity index (χ1n) is 12.1. The molecule has 1 unspecified atom stereocenters. The molecule has 36 heavy (non-hydrogen) atoms. The Morgan fingerprint density at radius 1 is 1.08 bits per heavy atom. The topological polar surface area (TPSA) is 71.7 Å². The number of hydrogen-bond acceptors (Lipinski definition) is 3. The maximum atomic E-state index is 13.8. The molecule has 0 amide bonds. The van der Waals surface area contributed by atoms with E-state index in [1.165, 1.54) is 12.1 Å². The number of benzene rings is 3. The summed E-state index contributed by atoms with van der Waals surface area (Å²) in [6.45, 7) is 8.71. The third-order valence-electron chi connectivity index (χ3n) is 7.45. The summed E-state index contributed by atoms with van der Waals surface area (Å²) >= 11 is 0. The van der Waals surface area contributed by atoms with Crippen LogP contribution in [0.3, 0.4) is 0 Å². The number of carboxylic acid groups (broad SMARTS) is 1. The van der Waals surface area contributed by atoms with Gasteiger partial charge in [0.05, 0.1) is 23.3 Å². The molecular formula is C30H30FNO4. The van der Waals surface area contributed by atoms with E-state index in [2.05, 4.69) is 18.4 Å². The zero-order valence-corrected chi connectivity index (χ0v) is 20.9. The zero-order valence-electron chi connectivity index (χ0n) is 20.9. The Morgan fingerprint density at radius 2 is 1.81 bits per heavy atom. The van der Waals surface area contributed by atoms with E-state index >= 15 is 0 Å². The highest BCUT2D eigenvalue weighted by atomic mass is 19.1. The molecule has 4 aromatic rings. The van der Waals surface area contributed by atoms with E-state index in [-0.39, 0.29) is 22.5 Å². The van der Waals surface area contributed by atoms with Crippen LogP contribution in [0.4, 0.5) is 4.39 Å². The number of phenolic OH excluding ortho intramolecular Hbond substituents is 1. The normalized spacial score (nSPS) is 18.8. The number of aromatic hydroxyl groups is 1. The summed E-state index contributed by atoms with van der Waals surface area (Å²) in [6, 6.07) is 17.0. The molecule has 1 aliphatic rings. The Morgan fingerprint density at radius 3 is 2.50 bits per heavy atom. The van der Waals surface area contributed by atoms with Gasteiger partial charge in [0.15, 0.2) is 0 Å². The monoisotopic (exact) mass is 487 g/mol. The fraction of sp³-hybridized carbons (Fsp3) is 0.300. The van der Waals surface area contributed by atoms with Crippen LogP contribution in [0.2, 0.25) is 0 Å². The molecule has 1 aliphatic heterocycles. The van der Waals surface area contributed by atoms with Gasteiger partial charge in [0, 0.05) is 27.7 Å². The summed E-state index contributed by atoms with van der Waals surface area (Å²) in [5, 5.41) is 21.2. The lowest BCUT2D eigenvalue weighted by Gasteiger charge is -2.43. The fourth-order valence-corrected chi connectivity index (χ4v) is 5.46. The average molecular weight is 488 g/mol. The van der Waals surface area contributed by atoms with Gasteiger partial charge in [-0.15, -0.1) is 0 Å². The van der Waals surface area contributed by atoms with Crippen LogP contribution in [-0.4, -0.2) is 27.4 Å². The number of halogens is 1. The highest BCUT2D eigenvalue weighted by Crippen LogP contribution is 2.51. The van der Waals surface area contributed by atoms with Gasteiger partial charge < -0.3 is 19.5 Å². The maximum absolute atomic E-state index is 13.8. The van der Waals surface area contributed by atoms with E-state index in [0.717, 1.165) is 39.0 Å². The van der Waals surface area contributed by atoms with Crippen LogP contribution in [0.5, 0.6) is 5.75 Å². The standard InChI is InChI=1S/C30H30FNO4/c1-18-8-9-20(28(34)35)16-19(18)14-15-30(4)26-25-23(6-5-7-24(25)33)32(22-12-10-21(31)11-13-22)27(26)29(2,3)17-36-30/h5-13,16,33H,14-15,17H2,1-4H3,(H,34,35). The van der Waals surface area contributed by atoms with Crippen molar-refractivity contribution in [1.82, 2.24) is 4.57 Å². The lowest BCUT2D eigenvalue weighted by Crippen LogP contribution is -2.42. The van der Waals surface area contributed by atoms with Crippen molar-refractivity contribution in [3.05, 3.63) is 94.4 Å². The maximum Gasteiger partial charge on any atom is 0.335 e. The van der Waals surface area contributed by atoms with Gasteiger partial charge in [-0.2, -0.15) is 0 Å². The molecule has 0 saturated carbocycles. The zero-order chi connectivity index (χ0) is 25.8. The van der Waals surface area contributed by atoms with Gasteiger partial charge in [0.2, 0.25) is 0 Å². The SMILES string of the molecule is Cc1ccc(C(=O)O)cc1CCC1(C)OCC(C)(C)c2c1c1c(O)cccc1n2-c1ccc(F)cc1. The number of aromatic nitrogens is 1. The minimum Gasteiger partial charge on any atom is -0.507 e. The highest BCUT2D eigenvalue weighted by Gasteiger charge is 2.46. The summed E-state index contributed by atoms with van der Waals surface area (Å²) in [4.78, 5) is 11.5. The van der Waals surface area contributed by atoms with E-state index in [1.54, 1.807) is 30.3 Å². The summed E-state index contributed by atoms with van der Waals surface area (Å²) in [5.41, 5.74) is 4.72.